The Kier molecular flexibility index (Phi) is 5.65. The molecule has 1 amide bonds. The Hall–Kier alpha value is -2.41. The van der Waals surface area contributed by atoms with E-state index in [-0.39, 0.29) is 11.7 Å². The van der Waals surface area contributed by atoms with Crippen LogP contribution in [0.1, 0.15) is 12.8 Å². The minimum Gasteiger partial charge on any atom is -0.493 e. The highest BCUT2D eigenvalue weighted by Crippen LogP contribution is 2.19. The third-order valence-electron chi connectivity index (χ3n) is 4.25. The fourth-order valence-electron chi connectivity index (χ4n) is 3.04. The first-order chi connectivity index (χ1) is 12.1. The number of carbonyl (C=O) groups is 1. The SMILES string of the molecule is Cn1ccc(NC(=O)CN2CCC[C@H](COc3ccc(F)cc3)C2)n1. The normalized spacial score (nSPS) is 18.1. The third-order valence-corrected chi connectivity index (χ3v) is 4.25. The van der Waals surface area contributed by atoms with E-state index < -0.39 is 0 Å². The van der Waals surface area contributed by atoms with Gasteiger partial charge in [0.05, 0.1) is 13.2 Å². The zero-order valence-electron chi connectivity index (χ0n) is 14.3. The van der Waals surface area contributed by atoms with Gasteiger partial charge >= 0.3 is 0 Å². The van der Waals surface area contributed by atoms with Gasteiger partial charge < -0.3 is 10.1 Å². The number of carbonyl (C=O) groups excluding carboxylic acids is 1. The van der Waals surface area contributed by atoms with Crippen LogP contribution in [-0.4, -0.2) is 46.8 Å². The second-order valence-electron chi connectivity index (χ2n) is 6.43. The average molecular weight is 346 g/mol. The Balaban J connectivity index is 1.44. The molecule has 134 valence electrons. The van der Waals surface area contributed by atoms with E-state index in [4.69, 9.17) is 4.74 Å². The summed E-state index contributed by atoms with van der Waals surface area (Å²) in [6.07, 6.45) is 3.90. The molecule has 0 radical (unpaired) electrons. The van der Waals surface area contributed by atoms with Crippen molar-refractivity contribution < 1.29 is 13.9 Å². The Morgan fingerprint density at radius 3 is 2.88 bits per heavy atom. The maximum Gasteiger partial charge on any atom is 0.239 e. The zero-order chi connectivity index (χ0) is 17.6. The highest BCUT2D eigenvalue weighted by molar-refractivity contribution is 5.91. The summed E-state index contributed by atoms with van der Waals surface area (Å²) in [7, 11) is 1.81. The van der Waals surface area contributed by atoms with E-state index in [1.54, 1.807) is 29.1 Å². The van der Waals surface area contributed by atoms with E-state index in [9.17, 15) is 9.18 Å². The number of nitrogens with zero attached hydrogens (tertiary/aromatic N) is 3. The maximum absolute atomic E-state index is 12.9. The first kappa shape index (κ1) is 17.4. The molecule has 1 atom stereocenters. The van der Waals surface area contributed by atoms with Crippen LogP contribution in [-0.2, 0) is 11.8 Å². The van der Waals surface area contributed by atoms with Gasteiger partial charge in [-0.1, -0.05) is 0 Å². The maximum atomic E-state index is 12.9. The number of halogens is 1. The number of ether oxygens (including phenoxy) is 1. The van der Waals surface area contributed by atoms with Crippen molar-refractivity contribution in [1.29, 1.82) is 0 Å². The van der Waals surface area contributed by atoms with Gasteiger partial charge in [-0.3, -0.25) is 14.4 Å². The Morgan fingerprint density at radius 2 is 2.16 bits per heavy atom. The number of likely N-dealkylation sites (tertiary alicyclic amines) is 1. The summed E-state index contributed by atoms with van der Waals surface area (Å²) in [4.78, 5) is 14.3. The van der Waals surface area contributed by atoms with Gasteiger partial charge in [-0.05, 0) is 43.7 Å². The summed E-state index contributed by atoms with van der Waals surface area (Å²) >= 11 is 0. The molecule has 1 saturated heterocycles. The molecule has 0 unspecified atom stereocenters. The Morgan fingerprint density at radius 1 is 1.36 bits per heavy atom. The number of hydrogen-bond donors (Lipinski definition) is 1. The van der Waals surface area contributed by atoms with Gasteiger partial charge in [0.1, 0.15) is 11.6 Å². The highest BCUT2D eigenvalue weighted by Gasteiger charge is 2.22. The van der Waals surface area contributed by atoms with Gasteiger partial charge in [0.15, 0.2) is 5.82 Å². The van der Waals surface area contributed by atoms with Gasteiger partial charge in [-0.2, -0.15) is 5.10 Å². The van der Waals surface area contributed by atoms with Crippen LogP contribution in [0.2, 0.25) is 0 Å². The lowest BCUT2D eigenvalue weighted by Gasteiger charge is -2.32. The smallest absolute Gasteiger partial charge is 0.239 e. The summed E-state index contributed by atoms with van der Waals surface area (Å²) in [5, 5.41) is 6.96. The molecule has 0 spiro atoms. The van der Waals surface area contributed by atoms with E-state index in [0.717, 1.165) is 25.9 Å². The van der Waals surface area contributed by atoms with Crippen LogP contribution in [0.15, 0.2) is 36.5 Å². The number of benzene rings is 1. The largest absolute Gasteiger partial charge is 0.493 e. The molecule has 0 aliphatic carbocycles. The van der Waals surface area contributed by atoms with Crippen molar-refractivity contribution in [3.05, 3.63) is 42.3 Å². The molecule has 1 aromatic heterocycles. The average Bonchev–Trinajstić information content (AvgIpc) is 2.99. The summed E-state index contributed by atoms with van der Waals surface area (Å²) in [5.74, 6) is 1.28. The van der Waals surface area contributed by atoms with E-state index in [0.29, 0.717) is 30.6 Å². The molecule has 0 bridgehead atoms. The molecule has 1 aromatic carbocycles. The summed E-state index contributed by atoms with van der Waals surface area (Å²) in [6.45, 7) is 2.65. The molecule has 1 aliphatic rings. The van der Waals surface area contributed by atoms with E-state index in [2.05, 4.69) is 15.3 Å². The topological polar surface area (TPSA) is 59.4 Å². The van der Waals surface area contributed by atoms with Gasteiger partial charge in [0.25, 0.3) is 0 Å². The standard InChI is InChI=1S/C18H23FN4O2/c1-22-10-8-17(21-22)20-18(24)12-23-9-2-3-14(11-23)13-25-16-6-4-15(19)5-7-16/h4-8,10,14H,2-3,9,11-13H2,1H3,(H,20,21,24)/t14-/m0/s1. The van der Waals surface area contributed by atoms with Crippen molar-refractivity contribution in [1.82, 2.24) is 14.7 Å². The minimum absolute atomic E-state index is 0.0567. The summed E-state index contributed by atoms with van der Waals surface area (Å²) < 4.78 is 20.3. The van der Waals surface area contributed by atoms with Crippen molar-refractivity contribution in [2.45, 2.75) is 12.8 Å². The lowest BCUT2D eigenvalue weighted by atomic mass is 9.99. The quantitative estimate of drug-likeness (QED) is 0.872. The van der Waals surface area contributed by atoms with Gasteiger partial charge in [-0.25, -0.2) is 4.39 Å². The summed E-state index contributed by atoms with van der Waals surface area (Å²) in [5.41, 5.74) is 0. The predicted molar refractivity (Wildman–Crippen MR) is 92.9 cm³/mol. The lowest BCUT2D eigenvalue weighted by molar-refractivity contribution is -0.117. The van der Waals surface area contributed by atoms with Crippen molar-refractivity contribution in [3.8, 4) is 5.75 Å². The Bertz CT molecular complexity index is 701. The molecule has 25 heavy (non-hydrogen) atoms. The fourth-order valence-corrected chi connectivity index (χ4v) is 3.04. The molecule has 2 aromatic rings. The molecule has 7 heteroatoms. The number of rotatable bonds is 6. The summed E-state index contributed by atoms with van der Waals surface area (Å²) in [6, 6.07) is 7.83. The van der Waals surface area contributed by atoms with Crippen molar-refractivity contribution in [3.63, 3.8) is 0 Å². The first-order valence-electron chi connectivity index (χ1n) is 8.49. The van der Waals surface area contributed by atoms with E-state index in [1.807, 2.05) is 7.05 Å². The van der Waals surface area contributed by atoms with Crippen LogP contribution in [0.3, 0.4) is 0 Å². The van der Waals surface area contributed by atoms with Crippen LogP contribution in [0.5, 0.6) is 5.75 Å². The fraction of sp³-hybridized carbons (Fsp3) is 0.444. The number of aromatic nitrogens is 2. The molecular weight excluding hydrogens is 323 g/mol. The van der Waals surface area contributed by atoms with Crippen LogP contribution in [0.25, 0.3) is 0 Å². The Labute approximate surface area is 146 Å². The molecule has 1 N–H and O–H groups in total. The van der Waals surface area contributed by atoms with Crippen molar-refractivity contribution in [2.75, 3.05) is 31.6 Å². The molecule has 1 aliphatic heterocycles. The van der Waals surface area contributed by atoms with Gasteiger partial charge in [-0.15, -0.1) is 0 Å². The molecule has 3 rings (SSSR count). The lowest BCUT2D eigenvalue weighted by Crippen LogP contribution is -2.42. The van der Waals surface area contributed by atoms with Crippen LogP contribution in [0.4, 0.5) is 10.2 Å². The van der Waals surface area contributed by atoms with Crippen molar-refractivity contribution in [2.24, 2.45) is 13.0 Å². The van der Waals surface area contributed by atoms with Crippen molar-refractivity contribution >= 4 is 11.7 Å². The first-order valence-corrected chi connectivity index (χ1v) is 8.49. The molecule has 0 saturated carbocycles. The number of piperidine rings is 1. The van der Waals surface area contributed by atoms with E-state index >= 15 is 0 Å². The van der Waals surface area contributed by atoms with Crippen LogP contribution in [0, 0.1) is 11.7 Å². The predicted octanol–water partition coefficient (Wildman–Crippen LogP) is 2.29. The molecule has 2 heterocycles. The molecule has 6 nitrogen and oxygen atoms in total. The molecule has 1 fully saturated rings. The molecular formula is C18H23FN4O2. The van der Waals surface area contributed by atoms with Gasteiger partial charge in [0.2, 0.25) is 5.91 Å². The number of aryl methyl sites for hydroxylation is 1. The number of hydrogen-bond acceptors (Lipinski definition) is 4. The van der Waals surface area contributed by atoms with E-state index in [1.165, 1.54) is 12.1 Å². The third kappa shape index (κ3) is 5.29. The van der Waals surface area contributed by atoms with Crippen LogP contribution < -0.4 is 10.1 Å². The zero-order valence-corrected chi connectivity index (χ0v) is 14.3. The number of anilines is 1. The monoisotopic (exact) mass is 346 g/mol. The minimum atomic E-state index is -0.268. The number of nitrogens with one attached hydrogen (secondary N) is 1. The highest BCUT2D eigenvalue weighted by atomic mass is 19.1. The van der Waals surface area contributed by atoms with Crippen LogP contribution >= 0.6 is 0 Å². The van der Waals surface area contributed by atoms with Gasteiger partial charge in [0, 0.05) is 31.8 Å². The second kappa shape index (κ2) is 8.11. The second-order valence-corrected chi connectivity index (χ2v) is 6.43. The number of amides is 1.